The van der Waals surface area contributed by atoms with E-state index in [1.807, 2.05) is 66.7 Å². The quantitative estimate of drug-likeness (QED) is 0.330. The largest absolute Gasteiger partial charge is 0.332 e. The number of hydrogen-bond acceptors (Lipinski definition) is 5. The zero-order valence-corrected chi connectivity index (χ0v) is 19.2. The molecule has 2 aromatic carbocycles. The van der Waals surface area contributed by atoms with E-state index in [4.69, 9.17) is 0 Å². The predicted octanol–water partition coefficient (Wildman–Crippen LogP) is 3.32. The van der Waals surface area contributed by atoms with Crippen LogP contribution in [0.5, 0.6) is 0 Å². The Balaban J connectivity index is 1.75. The lowest BCUT2D eigenvalue weighted by molar-refractivity contribution is 0.702. The molecule has 0 bridgehead atoms. The molecule has 32 heavy (non-hydrogen) atoms. The Morgan fingerprint density at radius 3 is 2.38 bits per heavy atom. The number of aryl methyl sites for hydroxylation is 1. The molecule has 9 heteroatoms. The van der Waals surface area contributed by atoms with Crippen LogP contribution in [-0.4, -0.2) is 24.9 Å². The van der Waals surface area contributed by atoms with Crippen LogP contribution in [0.3, 0.4) is 0 Å². The summed E-state index contributed by atoms with van der Waals surface area (Å²) < 4.78 is 4.93. The van der Waals surface area contributed by atoms with E-state index >= 15 is 0 Å². The van der Waals surface area contributed by atoms with E-state index in [1.54, 1.807) is 17.8 Å². The van der Waals surface area contributed by atoms with Gasteiger partial charge in [-0.1, -0.05) is 60.7 Å². The molecular weight excluding hydrogens is 472 g/mol. The number of allylic oxidation sites excluding steroid dienone is 1. The van der Waals surface area contributed by atoms with Gasteiger partial charge in [0.1, 0.15) is 0 Å². The Bertz CT molecular complexity index is 1430. The van der Waals surface area contributed by atoms with E-state index < -0.39 is 11.2 Å². The number of benzene rings is 2. The van der Waals surface area contributed by atoms with Gasteiger partial charge in [-0.2, -0.15) is 10.1 Å². The molecule has 2 aromatic heterocycles. The van der Waals surface area contributed by atoms with Crippen molar-refractivity contribution in [1.29, 1.82) is 0 Å². The van der Waals surface area contributed by atoms with Crippen molar-refractivity contribution in [1.82, 2.24) is 18.7 Å². The van der Waals surface area contributed by atoms with Crippen molar-refractivity contribution in [3.8, 4) is 0 Å². The van der Waals surface area contributed by atoms with Gasteiger partial charge in [-0.05, 0) is 33.1 Å². The molecule has 0 radical (unpaired) electrons. The maximum absolute atomic E-state index is 12.9. The molecule has 0 saturated heterocycles. The van der Waals surface area contributed by atoms with E-state index in [0.29, 0.717) is 23.7 Å². The topological polar surface area (TPSA) is 86.2 Å². The van der Waals surface area contributed by atoms with E-state index in [-0.39, 0.29) is 0 Å². The molecule has 0 aliphatic rings. The number of imidazole rings is 1. The third-order valence-electron chi connectivity index (χ3n) is 4.99. The SMILES string of the molecule is Cn1c(=O)c2c(nc(NN=CC(Br)=Cc3ccccc3)n2Cc2ccccc2)n(C)c1=O. The normalized spacial score (nSPS) is 12.0. The molecule has 0 saturated carbocycles. The lowest BCUT2D eigenvalue weighted by Gasteiger charge is -2.09. The highest BCUT2D eigenvalue weighted by Gasteiger charge is 2.19. The predicted molar refractivity (Wildman–Crippen MR) is 131 cm³/mol. The number of aromatic nitrogens is 4. The van der Waals surface area contributed by atoms with E-state index in [1.165, 1.54) is 11.6 Å². The molecule has 0 amide bonds. The van der Waals surface area contributed by atoms with Crippen molar-refractivity contribution in [2.75, 3.05) is 5.43 Å². The molecule has 2 heterocycles. The van der Waals surface area contributed by atoms with Gasteiger partial charge in [0.15, 0.2) is 11.2 Å². The van der Waals surface area contributed by atoms with Crippen LogP contribution >= 0.6 is 15.9 Å². The number of nitrogens with one attached hydrogen (secondary N) is 1. The fourth-order valence-electron chi connectivity index (χ4n) is 3.35. The minimum Gasteiger partial charge on any atom is -0.298 e. The zero-order chi connectivity index (χ0) is 22.7. The van der Waals surface area contributed by atoms with Crippen LogP contribution in [-0.2, 0) is 20.6 Å². The lowest BCUT2D eigenvalue weighted by atomic mass is 10.2. The minimum atomic E-state index is -0.435. The molecule has 4 rings (SSSR count). The van der Waals surface area contributed by atoms with Crippen molar-refractivity contribution in [2.45, 2.75) is 6.54 Å². The van der Waals surface area contributed by atoms with Gasteiger partial charge in [-0.3, -0.25) is 18.5 Å². The summed E-state index contributed by atoms with van der Waals surface area (Å²) in [5.74, 6) is 0.360. The monoisotopic (exact) mass is 492 g/mol. The highest BCUT2D eigenvalue weighted by molar-refractivity contribution is 9.12. The Morgan fingerprint density at radius 2 is 1.69 bits per heavy atom. The molecule has 0 aliphatic carbocycles. The molecule has 0 atom stereocenters. The molecule has 0 spiro atoms. The van der Waals surface area contributed by atoms with Gasteiger partial charge in [0, 0.05) is 18.6 Å². The highest BCUT2D eigenvalue weighted by Crippen LogP contribution is 2.18. The summed E-state index contributed by atoms with van der Waals surface area (Å²) in [4.78, 5) is 29.8. The first-order chi connectivity index (χ1) is 15.5. The summed E-state index contributed by atoms with van der Waals surface area (Å²) in [6.07, 6.45) is 3.54. The Morgan fingerprint density at radius 1 is 1.03 bits per heavy atom. The van der Waals surface area contributed by atoms with Gasteiger partial charge in [-0.15, -0.1) is 0 Å². The van der Waals surface area contributed by atoms with Crippen LogP contribution in [0.15, 0.2) is 79.8 Å². The fraction of sp³-hybridized carbons (Fsp3) is 0.130. The number of anilines is 1. The van der Waals surface area contributed by atoms with Crippen molar-refractivity contribution in [2.24, 2.45) is 19.2 Å². The molecular formula is C23H21BrN6O2. The van der Waals surface area contributed by atoms with Crippen molar-refractivity contribution >= 4 is 45.3 Å². The van der Waals surface area contributed by atoms with Crippen LogP contribution in [0.1, 0.15) is 11.1 Å². The van der Waals surface area contributed by atoms with Gasteiger partial charge < -0.3 is 0 Å². The maximum Gasteiger partial charge on any atom is 0.332 e. The second-order valence-corrected chi connectivity index (χ2v) is 8.11. The van der Waals surface area contributed by atoms with Crippen LogP contribution < -0.4 is 16.7 Å². The van der Waals surface area contributed by atoms with Gasteiger partial charge in [0.2, 0.25) is 5.95 Å². The van der Waals surface area contributed by atoms with Crippen LogP contribution in [0, 0.1) is 0 Å². The number of rotatable bonds is 6. The third kappa shape index (κ3) is 4.33. The lowest BCUT2D eigenvalue weighted by Crippen LogP contribution is -2.37. The number of fused-ring (bicyclic) bond motifs is 1. The molecule has 8 nitrogen and oxygen atoms in total. The number of hydrogen-bond donors (Lipinski definition) is 1. The molecule has 162 valence electrons. The summed E-state index contributed by atoms with van der Waals surface area (Å²) in [6, 6.07) is 19.5. The van der Waals surface area contributed by atoms with Gasteiger partial charge in [0.05, 0.1) is 12.8 Å². The summed E-state index contributed by atoms with van der Waals surface area (Å²) in [5.41, 5.74) is 4.72. The van der Waals surface area contributed by atoms with Crippen molar-refractivity contribution in [3.05, 3.63) is 97.1 Å². The first-order valence-corrected chi connectivity index (χ1v) is 10.7. The average Bonchev–Trinajstić information content (AvgIpc) is 3.16. The van der Waals surface area contributed by atoms with Crippen LogP contribution in [0.25, 0.3) is 17.2 Å². The Hall–Kier alpha value is -3.72. The van der Waals surface area contributed by atoms with Crippen molar-refractivity contribution < 1.29 is 0 Å². The number of nitrogens with zero attached hydrogens (tertiary/aromatic N) is 5. The number of halogens is 1. The minimum absolute atomic E-state index is 0.297. The van der Waals surface area contributed by atoms with E-state index in [9.17, 15) is 9.59 Å². The van der Waals surface area contributed by atoms with E-state index in [0.717, 1.165) is 20.2 Å². The molecule has 1 N–H and O–H groups in total. The van der Waals surface area contributed by atoms with Gasteiger partial charge in [-0.25, -0.2) is 10.2 Å². The van der Waals surface area contributed by atoms with Gasteiger partial charge in [0.25, 0.3) is 5.56 Å². The summed E-state index contributed by atoms with van der Waals surface area (Å²) >= 11 is 3.48. The third-order valence-corrected chi connectivity index (χ3v) is 5.42. The second kappa shape index (κ2) is 9.19. The Kier molecular flexibility index (Phi) is 6.18. The molecule has 0 fully saturated rings. The average molecular weight is 493 g/mol. The smallest absolute Gasteiger partial charge is 0.298 e. The molecule has 4 aromatic rings. The second-order valence-electron chi connectivity index (χ2n) is 7.20. The van der Waals surface area contributed by atoms with Gasteiger partial charge >= 0.3 is 5.69 Å². The van der Waals surface area contributed by atoms with Crippen molar-refractivity contribution in [3.63, 3.8) is 0 Å². The summed E-state index contributed by atoms with van der Waals surface area (Å²) in [5, 5.41) is 4.27. The van der Waals surface area contributed by atoms with Crippen LogP contribution in [0.2, 0.25) is 0 Å². The maximum atomic E-state index is 12.9. The van der Waals surface area contributed by atoms with Crippen LogP contribution in [0.4, 0.5) is 5.95 Å². The first kappa shape index (κ1) is 21.5. The molecule has 0 aliphatic heterocycles. The first-order valence-electron chi connectivity index (χ1n) is 9.87. The van der Waals surface area contributed by atoms with E-state index in [2.05, 4.69) is 31.4 Å². The highest BCUT2D eigenvalue weighted by atomic mass is 79.9. The Labute approximate surface area is 192 Å². The standard InChI is InChI=1S/C23H21BrN6O2/c1-28-20-19(21(31)29(2)23(28)32)30(15-17-11-7-4-8-12-17)22(26-20)27-25-14-18(24)13-16-9-5-3-6-10-16/h3-14H,15H2,1-2H3,(H,26,27). The molecule has 0 unspecified atom stereocenters. The summed E-state index contributed by atoms with van der Waals surface area (Å²) in [6.45, 7) is 0.393. The zero-order valence-electron chi connectivity index (χ0n) is 17.6. The fourth-order valence-corrected chi connectivity index (χ4v) is 3.72. The number of hydrazone groups is 1. The summed E-state index contributed by atoms with van der Waals surface area (Å²) in [7, 11) is 3.05.